The highest BCUT2D eigenvalue weighted by molar-refractivity contribution is 5.97. The quantitative estimate of drug-likeness (QED) is 0.641. The molecule has 0 saturated carbocycles. The van der Waals surface area contributed by atoms with E-state index in [-0.39, 0.29) is 12.2 Å². The normalized spacial score (nSPS) is 11.0. The van der Waals surface area contributed by atoms with Gasteiger partial charge in [-0.2, -0.15) is 5.26 Å². The number of hydrogen-bond acceptors (Lipinski definition) is 4. The van der Waals surface area contributed by atoms with Gasteiger partial charge in [-0.3, -0.25) is 4.79 Å². The maximum absolute atomic E-state index is 11.5. The molecule has 0 atom stereocenters. The second-order valence-corrected chi connectivity index (χ2v) is 6.00. The van der Waals surface area contributed by atoms with Crippen LogP contribution in [0.25, 0.3) is 6.08 Å². The zero-order chi connectivity index (χ0) is 17.3. The number of carbonyl (C=O) groups excluding carboxylic acids is 2. The molecule has 122 valence electrons. The van der Waals surface area contributed by atoms with Crippen molar-refractivity contribution in [1.29, 1.82) is 5.26 Å². The molecule has 0 unspecified atom stereocenters. The predicted molar refractivity (Wildman–Crippen MR) is 88.9 cm³/mol. The zero-order valence-electron chi connectivity index (χ0n) is 13.8. The minimum atomic E-state index is -0.495. The van der Waals surface area contributed by atoms with Crippen LogP contribution in [0.5, 0.6) is 0 Å². The van der Waals surface area contributed by atoms with Crippen molar-refractivity contribution in [2.75, 3.05) is 6.54 Å². The lowest BCUT2D eigenvalue weighted by atomic mass is 10.1. The number of ether oxygens (including phenoxy) is 1. The first-order valence-corrected chi connectivity index (χ1v) is 7.45. The molecule has 1 amide bonds. The highest BCUT2D eigenvalue weighted by Gasteiger charge is 2.15. The molecule has 5 nitrogen and oxygen atoms in total. The summed E-state index contributed by atoms with van der Waals surface area (Å²) in [6.45, 7) is 5.94. The average Bonchev–Trinajstić information content (AvgIpc) is 2.46. The molecule has 0 bridgehead atoms. The van der Waals surface area contributed by atoms with E-state index in [1.54, 1.807) is 12.1 Å². The lowest BCUT2D eigenvalue weighted by molar-refractivity contribution is 0.0528. The second-order valence-electron chi connectivity index (χ2n) is 6.00. The van der Waals surface area contributed by atoms with E-state index in [0.717, 1.165) is 5.56 Å². The number of alkyl carbamates (subject to hydrolysis) is 1. The summed E-state index contributed by atoms with van der Waals surface area (Å²) in [6, 6.07) is 8.90. The summed E-state index contributed by atoms with van der Waals surface area (Å²) < 4.78 is 5.13. The van der Waals surface area contributed by atoms with Gasteiger partial charge in [-0.15, -0.1) is 0 Å². The third kappa shape index (κ3) is 7.82. The fourth-order valence-electron chi connectivity index (χ4n) is 1.75. The van der Waals surface area contributed by atoms with Gasteiger partial charge in [-0.05, 0) is 32.8 Å². The molecule has 1 rings (SSSR count). The Morgan fingerprint density at radius 1 is 1.26 bits per heavy atom. The van der Waals surface area contributed by atoms with Gasteiger partial charge < -0.3 is 10.1 Å². The van der Waals surface area contributed by atoms with Crippen LogP contribution in [0.4, 0.5) is 4.79 Å². The highest BCUT2D eigenvalue weighted by Crippen LogP contribution is 2.09. The molecule has 0 spiro atoms. The van der Waals surface area contributed by atoms with Crippen LogP contribution in [0, 0.1) is 11.3 Å². The van der Waals surface area contributed by atoms with Crippen LogP contribution >= 0.6 is 0 Å². The Kier molecular flexibility index (Phi) is 7.01. The van der Waals surface area contributed by atoms with Crippen molar-refractivity contribution < 1.29 is 14.3 Å². The van der Waals surface area contributed by atoms with Crippen molar-refractivity contribution in [3.05, 3.63) is 41.5 Å². The van der Waals surface area contributed by atoms with Gasteiger partial charge in [0.05, 0.1) is 12.5 Å². The Bertz CT molecular complexity index is 605. The molecule has 0 radical (unpaired) electrons. The molecule has 0 fully saturated rings. The third-order valence-corrected chi connectivity index (χ3v) is 2.76. The largest absolute Gasteiger partial charge is 0.444 e. The van der Waals surface area contributed by atoms with Gasteiger partial charge in [0.25, 0.3) is 0 Å². The number of amides is 1. The van der Waals surface area contributed by atoms with E-state index in [2.05, 4.69) is 5.32 Å². The van der Waals surface area contributed by atoms with Crippen molar-refractivity contribution in [1.82, 2.24) is 5.32 Å². The lowest BCUT2D eigenvalue weighted by Crippen LogP contribution is -2.32. The topological polar surface area (TPSA) is 79.2 Å². The highest BCUT2D eigenvalue weighted by atomic mass is 16.6. The van der Waals surface area contributed by atoms with E-state index in [4.69, 9.17) is 10.00 Å². The first kappa shape index (κ1) is 18.4. The number of nitrogens with one attached hydrogen (secondary N) is 1. The molecular formula is C18H22N2O3. The van der Waals surface area contributed by atoms with Gasteiger partial charge in [0, 0.05) is 12.1 Å². The Morgan fingerprint density at radius 3 is 2.48 bits per heavy atom. The number of ketones is 1. The summed E-state index contributed by atoms with van der Waals surface area (Å²) in [7, 11) is 0. The minimum absolute atomic E-state index is 0.106. The van der Waals surface area contributed by atoms with Crippen LogP contribution < -0.4 is 5.32 Å². The molecule has 0 aliphatic heterocycles. The summed E-state index contributed by atoms with van der Waals surface area (Å²) in [4.78, 5) is 23.0. The molecule has 23 heavy (non-hydrogen) atoms. The lowest BCUT2D eigenvalue weighted by Gasteiger charge is -2.19. The predicted octanol–water partition coefficient (Wildman–Crippen LogP) is 3.71. The number of carbonyl (C=O) groups is 2. The van der Waals surface area contributed by atoms with Gasteiger partial charge in [0.15, 0.2) is 5.78 Å². The zero-order valence-corrected chi connectivity index (χ0v) is 13.8. The molecular weight excluding hydrogens is 292 g/mol. The molecule has 0 aliphatic rings. The number of rotatable bonds is 6. The summed E-state index contributed by atoms with van der Waals surface area (Å²) in [6.07, 6.45) is 3.99. The van der Waals surface area contributed by atoms with Gasteiger partial charge in [-0.25, -0.2) is 4.79 Å². The van der Waals surface area contributed by atoms with Crippen molar-refractivity contribution >= 4 is 18.0 Å². The van der Waals surface area contributed by atoms with Crippen LogP contribution in [-0.4, -0.2) is 24.0 Å². The van der Waals surface area contributed by atoms with Crippen LogP contribution in [0.2, 0.25) is 0 Å². The van der Waals surface area contributed by atoms with Gasteiger partial charge in [-0.1, -0.05) is 36.4 Å². The summed E-state index contributed by atoms with van der Waals surface area (Å²) in [5, 5.41) is 11.2. The Morgan fingerprint density at radius 2 is 1.91 bits per heavy atom. The Labute approximate surface area is 137 Å². The first-order chi connectivity index (χ1) is 10.8. The molecule has 0 aliphatic carbocycles. The minimum Gasteiger partial charge on any atom is -0.444 e. The van der Waals surface area contributed by atoms with Crippen LogP contribution in [-0.2, 0) is 4.74 Å². The number of hydrogen-bond donors (Lipinski definition) is 1. The number of Topliss-reactive ketones (excluding diaryl/α,β-unsaturated/α-hetero) is 1. The fourth-order valence-corrected chi connectivity index (χ4v) is 1.75. The monoisotopic (exact) mass is 314 g/mol. The van der Waals surface area contributed by atoms with Crippen LogP contribution in [0.3, 0.4) is 0 Å². The Hall–Kier alpha value is -2.61. The molecule has 0 aromatic heterocycles. The van der Waals surface area contributed by atoms with E-state index in [9.17, 15) is 9.59 Å². The Balaban J connectivity index is 2.37. The molecule has 5 heteroatoms. The van der Waals surface area contributed by atoms with Crippen molar-refractivity contribution in [2.45, 2.75) is 39.2 Å². The summed E-state index contributed by atoms with van der Waals surface area (Å²) in [5.41, 5.74) is 0.996. The standard InChI is InChI=1S/C18H22N2O3/c1-18(2,3)23-17(22)20-13-5-4-6-14-7-9-15(10-8-14)16(21)11-12-19/h4,6-10H,5,11,13H2,1-3H3,(H,20,22). The maximum Gasteiger partial charge on any atom is 0.407 e. The molecule has 0 heterocycles. The van der Waals surface area contributed by atoms with E-state index in [0.29, 0.717) is 18.5 Å². The SMILES string of the molecule is CC(C)(C)OC(=O)NCCC=Cc1ccc(C(=O)CC#N)cc1. The third-order valence-electron chi connectivity index (χ3n) is 2.76. The van der Waals surface area contributed by atoms with Gasteiger partial charge in [0.1, 0.15) is 5.60 Å². The number of benzene rings is 1. The first-order valence-electron chi connectivity index (χ1n) is 7.45. The maximum atomic E-state index is 11.5. The molecule has 1 N–H and O–H groups in total. The smallest absolute Gasteiger partial charge is 0.407 e. The molecule has 1 aromatic rings. The van der Waals surface area contributed by atoms with Crippen molar-refractivity contribution in [3.63, 3.8) is 0 Å². The number of nitrogens with zero attached hydrogens (tertiary/aromatic N) is 1. The van der Waals surface area contributed by atoms with E-state index < -0.39 is 11.7 Å². The summed E-state index contributed by atoms with van der Waals surface area (Å²) in [5.74, 6) is -0.176. The van der Waals surface area contributed by atoms with E-state index >= 15 is 0 Å². The van der Waals surface area contributed by atoms with Crippen molar-refractivity contribution in [2.24, 2.45) is 0 Å². The fraction of sp³-hybridized carbons (Fsp3) is 0.389. The van der Waals surface area contributed by atoms with Gasteiger partial charge in [0.2, 0.25) is 0 Å². The van der Waals surface area contributed by atoms with Crippen LogP contribution in [0.1, 0.15) is 49.5 Å². The molecule has 1 aromatic carbocycles. The van der Waals surface area contributed by atoms with Crippen LogP contribution in [0.15, 0.2) is 30.3 Å². The molecule has 0 saturated heterocycles. The van der Waals surface area contributed by atoms with E-state index in [1.165, 1.54) is 0 Å². The summed E-state index contributed by atoms with van der Waals surface area (Å²) >= 11 is 0. The average molecular weight is 314 g/mol. The van der Waals surface area contributed by atoms with E-state index in [1.807, 2.05) is 51.1 Å². The van der Waals surface area contributed by atoms with Gasteiger partial charge >= 0.3 is 6.09 Å². The second kappa shape index (κ2) is 8.74. The van der Waals surface area contributed by atoms with Crippen molar-refractivity contribution in [3.8, 4) is 6.07 Å². The number of nitriles is 1.